The van der Waals surface area contributed by atoms with Crippen molar-refractivity contribution < 1.29 is 0 Å². The van der Waals surface area contributed by atoms with Gasteiger partial charge in [0.1, 0.15) is 11.6 Å². The SMILES string of the molecule is CCCc1nc(Cc2ccccc2Cl)nc(NCC)c1I. The molecule has 0 saturated carbocycles. The molecule has 1 aromatic carbocycles. The minimum atomic E-state index is 0.658. The van der Waals surface area contributed by atoms with Crippen molar-refractivity contribution >= 4 is 40.0 Å². The van der Waals surface area contributed by atoms with E-state index in [1.807, 2.05) is 24.3 Å². The van der Waals surface area contributed by atoms with Gasteiger partial charge in [-0.25, -0.2) is 9.97 Å². The zero-order valence-corrected chi connectivity index (χ0v) is 15.2. The van der Waals surface area contributed by atoms with E-state index >= 15 is 0 Å². The molecule has 3 nitrogen and oxygen atoms in total. The number of anilines is 1. The van der Waals surface area contributed by atoms with E-state index in [0.29, 0.717) is 6.42 Å². The molecule has 1 aromatic heterocycles. The number of aromatic nitrogens is 2. The van der Waals surface area contributed by atoms with Gasteiger partial charge in [-0.3, -0.25) is 0 Å². The maximum atomic E-state index is 6.23. The average Bonchev–Trinajstić information content (AvgIpc) is 2.47. The molecular formula is C16H19ClIN3. The Morgan fingerprint density at radius 2 is 1.95 bits per heavy atom. The lowest BCUT2D eigenvalue weighted by Crippen LogP contribution is -2.10. The van der Waals surface area contributed by atoms with Crippen LogP contribution in [0.3, 0.4) is 0 Å². The van der Waals surface area contributed by atoms with Gasteiger partial charge in [0.05, 0.1) is 9.26 Å². The van der Waals surface area contributed by atoms with E-state index < -0.39 is 0 Å². The van der Waals surface area contributed by atoms with E-state index in [2.05, 4.69) is 46.7 Å². The highest BCUT2D eigenvalue weighted by atomic mass is 127. The third kappa shape index (κ3) is 4.30. The number of benzene rings is 1. The molecule has 5 heteroatoms. The zero-order valence-electron chi connectivity index (χ0n) is 12.3. The summed E-state index contributed by atoms with van der Waals surface area (Å²) in [4.78, 5) is 9.38. The number of hydrogen-bond donors (Lipinski definition) is 1. The number of halogens is 2. The van der Waals surface area contributed by atoms with Crippen LogP contribution in [0.15, 0.2) is 24.3 Å². The largest absolute Gasteiger partial charge is 0.369 e. The van der Waals surface area contributed by atoms with Gasteiger partial charge < -0.3 is 5.32 Å². The molecule has 0 atom stereocenters. The summed E-state index contributed by atoms with van der Waals surface area (Å²) in [6, 6.07) is 7.86. The van der Waals surface area contributed by atoms with Crippen molar-refractivity contribution in [2.75, 3.05) is 11.9 Å². The maximum Gasteiger partial charge on any atom is 0.143 e. The standard InChI is InChI=1S/C16H19ClIN3/c1-3-7-13-15(18)16(19-4-2)21-14(20-13)10-11-8-5-6-9-12(11)17/h5-6,8-9H,3-4,7,10H2,1-2H3,(H,19,20,21). The van der Waals surface area contributed by atoms with Crippen LogP contribution >= 0.6 is 34.2 Å². The molecular weight excluding hydrogens is 397 g/mol. The molecule has 0 aliphatic carbocycles. The molecule has 1 heterocycles. The van der Waals surface area contributed by atoms with Gasteiger partial charge in [-0.2, -0.15) is 0 Å². The molecule has 1 N–H and O–H groups in total. The summed E-state index contributed by atoms with van der Waals surface area (Å²) in [6.45, 7) is 5.09. The molecule has 0 fully saturated rings. The summed E-state index contributed by atoms with van der Waals surface area (Å²) in [5.74, 6) is 1.75. The van der Waals surface area contributed by atoms with Crippen LogP contribution in [0.2, 0.25) is 5.02 Å². The van der Waals surface area contributed by atoms with Crippen molar-refractivity contribution in [3.63, 3.8) is 0 Å². The summed E-state index contributed by atoms with van der Waals surface area (Å²) < 4.78 is 1.12. The fourth-order valence-corrected chi connectivity index (χ4v) is 3.03. The summed E-state index contributed by atoms with van der Waals surface area (Å²) in [7, 11) is 0. The van der Waals surface area contributed by atoms with Gasteiger partial charge in [-0.05, 0) is 47.6 Å². The van der Waals surface area contributed by atoms with Crippen LogP contribution in [-0.2, 0) is 12.8 Å². The Morgan fingerprint density at radius 3 is 2.62 bits per heavy atom. The van der Waals surface area contributed by atoms with E-state index in [4.69, 9.17) is 16.6 Å². The summed E-state index contributed by atoms with van der Waals surface area (Å²) in [6.07, 6.45) is 2.70. The van der Waals surface area contributed by atoms with Crippen molar-refractivity contribution in [3.8, 4) is 0 Å². The minimum absolute atomic E-state index is 0.658. The van der Waals surface area contributed by atoms with Crippen molar-refractivity contribution in [2.45, 2.75) is 33.1 Å². The minimum Gasteiger partial charge on any atom is -0.369 e. The summed E-state index contributed by atoms with van der Waals surface area (Å²) in [5, 5.41) is 4.09. The lowest BCUT2D eigenvalue weighted by atomic mass is 10.1. The third-order valence-electron chi connectivity index (χ3n) is 3.10. The quantitative estimate of drug-likeness (QED) is 0.694. The van der Waals surface area contributed by atoms with Crippen molar-refractivity contribution in [1.29, 1.82) is 0 Å². The first-order chi connectivity index (χ1) is 10.2. The lowest BCUT2D eigenvalue weighted by molar-refractivity contribution is 0.833. The van der Waals surface area contributed by atoms with Gasteiger partial charge >= 0.3 is 0 Å². The molecule has 2 rings (SSSR count). The molecule has 112 valence electrons. The zero-order chi connectivity index (χ0) is 15.2. The molecule has 0 radical (unpaired) electrons. The van der Waals surface area contributed by atoms with Gasteiger partial charge in [-0.15, -0.1) is 0 Å². The predicted molar refractivity (Wildman–Crippen MR) is 97.2 cm³/mol. The first kappa shape index (κ1) is 16.5. The Kier molecular flexibility index (Phi) is 6.23. The monoisotopic (exact) mass is 415 g/mol. The Labute approximate surface area is 144 Å². The van der Waals surface area contributed by atoms with Crippen LogP contribution in [-0.4, -0.2) is 16.5 Å². The van der Waals surface area contributed by atoms with Crippen LogP contribution in [0, 0.1) is 3.57 Å². The van der Waals surface area contributed by atoms with Gasteiger partial charge in [-0.1, -0.05) is 43.1 Å². The smallest absolute Gasteiger partial charge is 0.143 e. The Morgan fingerprint density at radius 1 is 1.19 bits per heavy atom. The number of hydrogen-bond acceptors (Lipinski definition) is 3. The highest BCUT2D eigenvalue weighted by molar-refractivity contribution is 14.1. The van der Waals surface area contributed by atoms with Crippen LogP contribution in [0.1, 0.15) is 37.4 Å². The Balaban J connectivity index is 2.36. The molecule has 0 unspecified atom stereocenters. The summed E-state index contributed by atoms with van der Waals surface area (Å²) >= 11 is 8.56. The van der Waals surface area contributed by atoms with Gasteiger partial charge in [0.25, 0.3) is 0 Å². The fraction of sp³-hybridized carbons (Fsp3) is 0.375. The lowest BCUT2D eigenvalue weighted by Gasteiger charge is -2.12. The van der Waals surface area contributed by atoms with Gasteiger partial charge in [0, 0.05) is 18.0 Å². The van der Waals surface area contributed by atoms with Crippen molar-refractivity contribution in [1.82, 2.24) is 9.97 Å². The second-order valence-corrected chi connectivity index (χ2v) is 6.28. The van der Waals surface area contributed by atoms with Crippen molar-refractivity contribution in [3.05, 3.63) is 49.9 Å². The number of nitrogens with one attached hydrogen (secondary N) is 1. The number of rotatable bonds is 6. The topological polar surface area (TPSA) is 37.8 Å². The van der Waals surface area contributed by atoms with Gasteiger partial charge in [0.15, 0.2) is 0 Å². The van der Waals surface area contributed by atoms with E-state index in [9.17, 15) is 0 Å². The highest BCUT2D eigenvalue weighted by Crippen LogP contribution is 2.23. The Bertz CT molecular complexity index is 589. The van der Waals surface area contributed by atoms with Gasteiger partial charge in [0.2, 0.25) is 0 Å². The normalized spacial score (nSPS) is 10.7. The fourth-order valence-electron chi connectivity index (χ4n) is 2.12. The third-order valence-corrected chi connectivity index (χ3v) is 4.61. The first-order valence-electron chi connectivity index (χ1n) is 7.18. The van der Waals surface area contributed by atoms with E-state index in [1.54, 1.807) is 0 Å². The summed E-state index contributed by atoms with van der Waals surface area (Å²) in [5.41, 5.74) is 2.18. The van der Waals surface area contributed by atoms with E-state index in [1.165, 1.54) is 0 Å². The maximum absolute atomic E-state index is 6.23. The average molecular weight is 416 g/mol. The van der Waals surface area contributed by atoms with E-state index in [0.717, 1.165) is 50.9 Å². The first-order valence-corrected chi connectivity index (χ1v) is 8.63. The van der Waals surface area contributed by atoms with Crippen LogP contribution in [0.5, 0.6) is 0 Å². The highest BCUT2D eigenvalue weighted by Gasteiger charge is 2.12. The van der Waals surface area contributed by atoms with E-state index in [-0.39, 0.29) is 0 Å². The molecule has 0 saturated heterocycles. The Hall–Kier alpha value is -0.880. The molecule has 0 aliphatic heterocycles. The molecule has 0 aliphatic rings. The number of nitrogens with zero attached hydrogens (tertiary/aromatic N) is 2. The predicted octanol–water partition coefficient (Wildman–Crippen LogP) is 4.71. The van der Waals surface area contributed by atoms with Crippen molar-refractivity contribution in [2.24, 2.45) is 0 Å². The molecule has 0 bridgehead atoms. The second kappa shape index (κ2) is 7.94. The molecule has 2 aromatic rings. The van der Waals surface area contributed by atoms with Crippen LogP contribution in [0.4, 0.5) is 5.82 Å². The second-order valence-electron chi connectivity index (χ2n) is 4.80. The molecule has 0 spiro atoms. The van der Waals surface area contributed by atoms with Crippen LogP contribution in [0.25, 0.3) is 0 Å². The van der Waals surface area contributed by atoms with Crippen LogP contribution < -0.4 is 5.32 Å². The molecule has 21 heavy (non-hydrogen) atoms. The number of aryl methyl sites for hydroxylation is 1. The molecule has 0 amide bonds.